The van der Waals surface area contributed by atoms with Crippen molar-refractivity contribution in [3.63, 3.8) is 0 Å². The normalized spacial score (nSPS) is 10.4. The Morgan fingerprint density at radius 3 is 2.55 bits per heavy atom. The summed E-state index contributed by atoms with van der Waals surface area (Å²) in [6.45, 7) is 0.945. The van der Waals surface area contributed by atoms with Gasteiger partial charge < -0.3 is 10.2 Å². The first-order valence-electron chi connectivity index (χ1n) is 6.30. The molecule has 0 radical (unpaired) electrons. The maximum atomic E-state index is 11.9. The molecule has 0 aromatic heterocycles. The van der Waals surface area contributed by atoms with Crippen LogP contribution in [0.4, 0.5) is 0 Å². The van der Waals surface area contributed by atoms with Crippen LogP contribution in [-0.2, 0) is 16.1 Å². The molecule has 6 heteroatoms. The summed E-state index contributed by atoms with van der Waals surface area (Å²) in [6.07, 6.45) is 0. The molecular weight excluding hydrogens is 278 g/mol. The molecule has 0 aliphatic heterocycles. The fourth-order valence-corrected chi connectivity index (χ4v) is 1.95. The van der Waals surface area contributed by atoms with E-state index in [1.165, 1.54) is 4.90 Å². The van der Waals surface area contributed by atoms with Crippen molar-refractivity contribution < 1.29 is 9.59 Å². The Balaban J connectivity index is 2.47. The number of likely N-dealkylation sites (N-methyl/N-ethyl adjacent to an activating group) is 3. The van der Waals surface area contributed by atoms with Gasteiger partial charge in [-0.2, -0.15) is 0 Å². The third-order valence-corrected chi connectivity index (χ3v) is 3.07. The van der Waals surface area contributed by atoms with Gasteiger partial charge in [0, 0.05) is 25.7 Å². The largest absolute Gasteiger partial charge is 0.358 e. The fourth-order valence-electron chi connectivity index (χ4n) is 1.74. The van der Waals surface area contributed by atoms with E-state index in [1.54, 1.807) is 14.1 Å². The van der Waals surface area contributed by atoms with Crippen molar-refractivity contribution in [2.45, 2.75) is 6.54 Å². The van der Waals surface area contributed by atoms with Gasteiger partial charge >= 0.3 is 0 Å². The molecule has 1 rings (SSSR count). The monoisotopic (exact) mass is 297 g/mol. The standard InChI is InChI=1S/C14H20ClN3O2/c1-16-13(19)9-18(3)14(20)10-17(2)8-11-5-4-6-12(15)7-11/h4-7H,8-10H2,1-3H3,(H,16,19). The van der Waals surface area contributed by atoms with Crippen LogP contribution in [0.25, 0.3) is 0 Å². The van der Waals surface area contributed by atoms with Gasteiger partial charge in [-0.15, -0.1) is 0 Å². The molecule has 0 aliphatic carbocycles. The molecule has 0 saturated carbocycles. The summed E-state index contributed by atoms with van der Waals surface area (Å²) in [4.78, 5) is 26.4. The van der Waals surface area contributed by atoms with Crippen molar-refractivity contribution in [2.24, 2.45) is 0 Å². The van der Waals surface area contributed by atoms with E-state index in [2.05, 4.69) is 5.32 Å². The molecule has 0 atom stereocenters. The molecule has 0 saturated heterocycles. The van der Waals surface area contributed by atoms with Gasteiger partial charge in [0.1, 0.15) is 0 Å². The summed E-state index contributed by atoms with van der Waals surface area (Å²) in [7, 11) is 5.02. The number of nitrogens with one attached hydrogen (secondary N) is 1. The van der Waals surface area contributed by atoms with Gasteiger partial charge in [-0.1, -0.05) is 23.7 Å². The number of rotatable bonds is 6. The van der Waals surface area contributed by atoms with Gasteiger partial charge in [0.15, 0.2) is 0 Å². The minimum atomic E-state index is -0.182. The van der Waals surface area contributed by atoms with Crippen molar-refractivity contribution >= 4 is 23.4 Å². The zero-order chi connectivity index (χ0) is 15.1. The predicted octanol–water partition coefficient (Wildman–Crippen LogP) is 0.976. The highest BCUT2D eigenvalue weighted by Crippen LogP contribution is 2.12. The Labute approximate surface area is 124 Å². The van der Waals surface area contributed by atoms with Gasteiger partial charge in [-0.05, 0) is 24.7 Å². The van der Waals surface area contributed by atoms with E-state index in [9.17, 15) is 9.59 Å². The molecule has 0 spiro atoms. The highest BCUT2D eigenvalue weighted by Gasteiger charge is 2.14. The summed E-state index contributed by atoms with van der Waals surface area (Å²) in [5.74, 6) is -0.281. The molecule has 110 valence electrons. The van der Waals surface area contributed by atoms with Gasteiger partial charge in [-0.3, -0.25) is 14.5 Å². The van der Waals surface area contributed by atoms with E-state index in [0.29, 0.717) is 11.6 Å². The second-order valence-corrected chi connectivity index (χ2v) is 5.16. The first kappa shape index (κ1) is 16.5. The molecule has 0 unspecified atom stereocenters. The van der Waals surface area contributed by atoms with Gasteiger partial charge in [0.25, 0.3) is 0 Å². The lowest BCUT2D eigenvalue weighted by Gasteiger charge is -2.21. The van der Waals surface area contributed by atoms with Crippen LogP contribution < -0.4 is 5.32 Å². The quantitative estimate of drug-likeness (QED) is 0.851. The van der Waals surface area contributed by atoms with Crippen molar-refractivity contribution in [1.29, 1.82) is 0 Å². The Kier molecular flexibility index (Phi) is 6.48. The Hall–Kier alpha value is -1.59. The molecule has 20 heavy (non-hydrogen) atoms. The summed E-state index contributed by atoms with van der Waals surface area (Å²) < 4.78 is 0. The van der Waals surface area contributed by atoms with Gasteiger partial charge in [-0.25, -0.2) is 0 Å². The first-order chi connectivity index (χ1) is 9.42. The molecule has 1 N–H and O–H groups in total. The van der Waals surface area contributed by atoms with Crippen LogP contribution in [-0.4, -0.2) is 55.8 Å². The van der Waals surface area contributed by atoms with Crippen LogP contribution >= 0.6 is 11.6 Å². The highest BCUT2D eigenvalue weighted by atomic mass is 35.5. The SMILES string of the molecule is CNC(=O)CN(C)C(=O)CN(C)Cc1cccc(Cl)c1. The third-order valence-electron chi connectivity index (χ3n) is 2.83. The molecule has 0 heterocycles. The Morgan fingerprint density at radius 2 is 1.95 bits per heavy atom. The maximum Gasteiger partial charge on any atom is 0.239 e. The van der Waals surface area contributed by atoms with E-state index < -0.39 is 0 Å². The average molecular weight is 298 g/mol. The van der Waals surface area contributed by atoms with E-state index in [1.807, 2.05) is 36.2 Å². The lowest BCUT2D eigenvalue weighted by Crippen LogP contribution is -2.41. The number of benzene rings is 1. The Bertz CT molecular complexity index is 479. The van der Waals surface area contributed by atoms with E-state index in [0.717, 1.165) is 5.56 Å². The Morgan fingerprint density at radius 1 is 1.25 bits per heavy atom. The highest BCUT2D eigenvalue weighted by molar-refractivity contribution is 6.30. The summed E-state index contributed by atoms with van der Waals surface area (Å²) in [5.41, 5.74) is 1.04. The van der Waals surface area contributed by atoms with Crippen LogP contribution in [0.15, 0.2) is 24.3 Å². The molecule has 1 aromatic rings. The number of halogens is 1. The van der Waals surface area contributed by atoms with Crippen molar-refractivity contribution in [1.82, 2.24) is 15.1 Å². The molecule has 1 aromatic carbocycles. The molecule has 0 bridgehead atoms. The zero-order valence-electron chi connectivity index (χ0n) is 12.0. The molecule has 5 nitrogen and oxygen atoms in total. The second-order valence-electron chi connectivity index (χ2n) is 4.73. The minimum Gasteiger partial charge on any atom is -0.358 e. The van der Waals surface area contributed by atoms with Crippen LogP contribution in [0.3, 0.4) is 0 Å². The lowest BCUT2D eigenvalue weighted by atomic mass is 10.2. The van der Waals surface area contributed by atoms with Crippen molar-refractivity contribution in [2.75, 3.05) is 34.2 Å². The summed E-state index contributed by atoms with van der Waals surface area (Å²) >= 11 is 5.92. The minimum absolute atomic E-state index is 0.0698. The topological polar surface area (TPSA) is 52.7 Å². The predicted molar refractivity (Wildman–Crippen MR) is 79.5 cm³/mol. The summed E-state index contributed by atoms with van der Waals surface area (Å²) in [6, 6.07) is 7.52. The smallest absolute Gasteiger partial charge is 0.239 e. The number of hydrogen-bond donors (Lipinski definition) is 1. The van der Waals surface area contributed by atoms with E-state index in [4.69, 9.17) is 11.6 Å². The molecule has 0 aliphatic rings. The molecule has 2 amide bonds. The first-order valence-corrected chi connectivity index (χ1v) is 6.67. The van der Waals surface area contributed by atoms with Crippen molar-refractivity contribution in [3.05, 3.63) is 34.9 Å². The fraction of sp³-hybridized carbons (Fsp3) is 0.429. The second kappa shape index (κ2) is 7.87. The third kappa shape index (κ3) is 5.59. The van der Waals surface area contributed by atoms with Crippen molar-refractivity contribution in [3.8, 4) is 0 Å². The van der Waals surface area contributed by atoms with Crippen LogP contribution in [0.5, 0.6) is 0 Å². The lowest BCUT2D eigenvalue weighted by molar-refractivity contribution is -0.135. The van der Waals surface area contributed by atoms with Crippen LogP contribution in [0.2, 0.25) is 5.02 Å². The number of carbonyl (C=O) groups excluding carboxylic acids is 2. The van der Waals surface area contributed by atoms with Crippen LogP contribution in [0.1, 0.15) is 5.56 Å². The maximum absolute atomic E-state index is 11.9. The summed E-state index contributed by atoms with van der Waals surface area (Å²) in [5, 5.41) is 3.17. The van der Waals surface area contributed by atoms with Gasteiger partial charge in [0.2, 0.25) is 11.8 Å². The van der Waals surface area contributed by atoms with Crippen LogP contribution in [0, 0.1) is 0 Å². The number of amides is 2. The number of nitrogens with zero attached hydrogens (tertiary/aromatic N) is 2. The number of carbonyl (C=O) groups is 2. The van der Waals surface area contributed by atoms with Gasteiger partial charge in [0.05, 0.1) is 13.1 Å². The molecule has 0 fully saturated rings. The molecular formula is C14H20ClN3O2. The van der Waals surface area contributed by atoms with E-state index in [-0.39, 0.29) is 24.9 Å². The van der Waals surface area contributed by atoms with E-state index >= 15 is 0 Å². The number of hydrogen-bond acceptors (Lipinski definition) is 3. The average Bonchev–Trinajstić information content (AvgIpc) is 2.38. The zero-order valence-corrected chi connectivity index (χ0v) is 12.8.